The molecule has 0 aliphatic carbocycles. The molecule has 0 aliphatic rings. The molecule has 0 bridgehead atoms. The summed E-state index contributed by atoms with van der Waals surface area (Å²) in [7, 11) is 1.60. The van der Waals surface area contributed by atoms with Crippen molar-refractivity contribution in [3.8, 4) is 17.2 Å². The van der Waals surface area contributed by atoms with E-state index in [0.29, 0.717) is 23.8 Å². The van der Waals surface area contributed by atoms with Gasteiger partial charge in [0.05, 0.1) is 17.7 Å². The van der Waals surface area contributed by atoms with E-state index in [9.17, 15) is 4.79 Å². The Morgan fingerprint density at radius 2 is 1.78 bits per heavy atom. The van der Waals surface area contributed by atoms with Gasteiger partial charge in [-0.2, -0.15) is 0 Å². The maximum absolute atomic E-state index is 12.1. The molecule has 2 rings (SSSR count). The molecule has 0 radical (unpaired) electrons. The second kappa shape index (κ2) is 10.2. The number of aryl methyl sites for hydroxylation is 1. The fraction of sp³-hybridized carbons (Fsp3) is 0.381. The molecule has 5 nitrogen and oxygen atoms in total. The van der Waals surface area contributed by atoms with E-state index in [1.54, 1.807) is 7.11 Å². The molecule has 0 heterocycles. The standard InChI is InChI=1S/C21H26BrNO4/c1-5-15-6-8-18(17(22)10-15)26-13-21(24)23-12-16-7-9-19(27-14(2)3)20(11-16)25-4/h6-11,14H,5,12-13H2,1-4H3,(H,23,24). The van der Waals surface area contributed by atoms with Gasteiger partial charge in [-0.25, -0.2) is 0 Å². The fourth-order valence-corrected chi connectivity index (χ4v) is 2.99. The summed E-state index contributed by atoms with van der Waals surface area (Å²) < 4.78 is 17.5. The molecule has 0 unspecified atom stereocenters. The Kier molecular flexibility index (Phi) is 7.98. The minimum absolute atomic E-state index is 0.0459. The minimum atomic E-state index is -0.192. The molecule has 1 N–H and O–H groups in total. The molecule has 1 amide bonds. The predicted molar refractivity (Wildman–Crippen MR) is 110 cm³/mol. The van der Waals surface area contributed by atoms with Gasteiger partial charge in [-0.3, -0.25) is 4.79 Å². The van der Waals surface area contributed by atoms with Crippen molar-refractivity contribution >= 4 is 21.8 Å². The zero-order valence-electron chi connectivity index (χ0n) is 16.2. The van der Waals surface area contributed by atoms with Gasteiger partial charge in [0.15, 0.2) is 18.1 Å². The number of nitrogens with one attached hydrogen (secondary N) is 1. The molecule has 27 heavy (non-hydrogen) atoms. The van der Waals surface area contributed by atoms with Crippen molar-refractivity contribution in [1.29, 1.82) is 0 Å². The average Bonchev–Trinajstić information content (AvgIpc) is 2.65. The van der Waals surface area contributed by atoms with Crippen LogP contribution in [0.15, 0.2) is 40.9 Å². The molecule has 2 aromatic carbocycles. The number of hydrogen-bond acceptors (Lipinski definition) is 4. The molecular weight excluding hydrogens is 410 g/mol. The maximum Gasteiger partial charge on any atom is 0.258 e. The van der Waals surface area contributed by atoms with Crippen LogP contribution < -0.4 is 19.5 Å². The summed E-state index contributed by atoms with van der Waals surface area (Å²) >= 11 is 3.47. The number of rotatable bonds is 9. The quantitative estimate of drug-likeness (QED) is 0.629. The first kappa shape index (κ1) is 21.1. The van der Waals surface area contributed by atoms with Gasteiger partial charge in [0, 0.05) is 6.54 Å². The minimum Gasteiger partial charge on any atom is -0.493 e. The third-order valence-corrected chi connectivity index (χ3v) is 4.46. The fourth-order valence-electron chi connectivity index (χ4n) is 2.45. The SMILES string of the molecule is CCc1ccc(OCC(=O)NCc2ccc(OC(C)C)c(OC)c2)c(Br)c1. The topological polar surface area (TPSA) is 56.8 Å². The third-order valence-electron chi connectivity index (χ3n) is 3.84. The molecule has 0 fully saturated rings. The first-order valence-corrected chi connectivity index (χ1v) is 9.73. The van der Waals surface area contributed by atoms with E-state index < -0.39 is 0 Å². The van der Waals surface area contributed by atoms with Crippen molar-refractivity contribution in [2.75, 3.05) is 13.7 Å². The third kappa shape index (κ3) is 6.47. The van der Waals surface area contributed by atoms with Crippen molar-refractivity contribution in [2.24, 2.45) is 0 Å². The van der Waals surface area contributed by atoms with E-state index in [-0.39, 0.29) is 18.6 Å². The molecule has 0 aromatic heterocycles. The molecular formula is C21H26BrNO4. The van der Waals surface area contributed by atoms with Gasteiger partial charge in [0.2, 0.25) is 0 Å². The van der Waals surface area contributed by atoms with Crippen molar-refractivity contribution in [3.05, 3.63) is 52.0 Å². The van der Waals surface area contributed by atoms with Crippen LogP contribution in [0.3, 0.4) is 0 Å². The lowest BCUT2D eigenvalue weighted by molar-refractivity contribution is -0.123. The Morgan fingerprint density at radius 1 is 1.07 bits per heavy atom. The lowest BCUT2D eigenvalue weighted by atomic mass is 10.2. The summed E-state index contributed by atoms with van der Waals surface area (Å²) in [6.07, 6.45) is 1.01. The highest BCUT2D eigenvalue weighted by molar-refractivity contribution is 9.10. The zero-order chi connectivity index (χ0) is 19.8. The zero-order valence-corrected chi connectivity index (χ0v) is 17.8. The number of carbonyl (C=O) groups excluding carboxylic acids is 1. The van der Waals surface area contributed by atoms with Crippen LogP contribution in [0.1, 0.15) is 31.9 Å². The number of carbonyl (C=O) groups is 1. The number of methoxy groups -OCH3 is 1. The molecule has 0 aliphatic heterocycles. The smallest absolute Gasteiger partial charge is 0.258 e. The van der Waals surface area contributed by atoms with Gasteiger partial charge in [-0.15, -0.1) is 0 Å². The van der Waals surface area contributed by atoms with Crippen LogP contribution in [-0.2, 0) is 17.8 Å². The van der Waals surface area contributed by atoms with Gasteiger partial charge < -0.3 is 19.5 Å². The summed E-state index contributed by atoms with van der Waals surface area (Å²) in [5.41, 5.74) is 2.13. The summed E-state index contributed by atoms with van der Waals surface area (Å²) in [6, 6.07) is 11.5. The van der Waals surface area contributed by atoms with Gasteiger partial charge in [0.1, 0.15) is 5.75 Å². The first-order valence-electron chi connectivity index (χ1n) is 8.94. The largest absolute Gasteiger partial charge is 0.493 e. The Bertz CT molecular complexity index is 777. The monoisotopic (exact) mass is 435 g/mol. The van der Waals surface area contributed by atoms with Crippen LogP contribution in [0.4, 0.5) is 0 Å². The molecule has 2 aromatic rings. The van der Waals surface area contributed by atoms with Crippen LogP contribution in [0.2, 0.25) is 0 Å². The second-order valence-corrected chi connectivity index (χ2v) is 7.19. The summed E-state index contributed by atoms with van der Waals surface area (Å²) in [5.74, 6) is 1.79. The average molecular weight is 436 g/mol. The van der Waals surface area contributed by atoms with E-state index in [0.717, 1.165) is 16.5 Å². The van der Waals surface area contributed by atoms with E-state index in [2.05, 4.69) is 28.2 Å². The molecule has 0 saturated carbocycles. The Labute approximate surface area is 169 Å². The van der Waals surface area contributed by atoms with Gasteiger partial charge in [0.25, 0.3) is 5.91 Å². The lowest BCUT2D eigenvalue weighted by Crippen LogP contribution is -2.28. The van der Waals surface area contributed by atoms with Crippen LogP contribution in [0.25, 0.3) is 0 Å². The normalized spacial score (nSPS) is 10.6. The van der Waals surface area contributed by atoms with Crippen LogP contribution >= 0.6 is 15.9 Å². The van der Waals surface area contributed by atoms with Gasteiger partial charge in [-0.05, 0) is 71.6 Å². The molecule has 0 saturated heterocycles. The van der Waals surface area contributed by atoms with Crippen LogP contribution in [0, 0.1) is 0 Å². The van der Waals surface area contributed by atoms with Gasteiger partial charge >= 0.3 is 0 Å². The van der Waals surface area contributed by atoms with Gasteiger partial charge in [-0.1, -0.05) is 19.1 Å². The van der Waals surface area contributed by atoms with E-state index in [4.69, 9.17) is 14.2 Å². The molecule has 0 atom stereocenters. The van der Waals surface area contributed by atoms with Crippen molar-refractivity contribution in [3.63, 3.8) is 0 Å². The maximum atomic E-state index is 12.1. The number of ether oxygens (including phenoxy) is 3. The summed E-state index contributed by atoms with van der Waals surface area (Å²) in [6.45, 7) is 6.35. The van der Waals surface area contributed by atoms with Crippen LogP contribution in [0.5, 0.6) is 17.2 Å². The highest BCUT2D eigenvalue weighted by Crippen LogP contribution is 2.29. The number of hydrogen-bond donors (Lipinski definition) is 1. The summed E-state index contributed by atoms with van der Waals surface area (Å²) in [4.78, 5) is 12.1. The Morgan fingerprint density at radius 3 is 2.41 bits per heavy atom. The molecule has 0 spiro atoms. The van der Waals surface area contributed by atoms with Crippen LogP contribution in [-0.4, -0.2) is 25.7 Å². The van der Waals surface area contributed by atoms with Crippen molar-refractivity contribution in [2.45, 2.75) is 39.8 Å². The first-order chi connectivity index (χ1) is 12.9. The predicted octanol–water partition coefficient (Wildman–Crippen LogP) is 4.50. The molecule has 146 valence electrons. The van der Waals surface area contributed by atoms with Crippen molar-refractivity contribution in [1.82, 2.24) is 5.32 Å². The Hall–Kier alpha value is -2.21. The highest BCUT2D eigenvalue weighted by Gasteiger charge is 2.10. The lowest BCUT2D eigenvalue weighted by Gasteiger charge is -2.15. The number of amides is 1. The second-order valence-electron chi connectivity index (χ2n) is 6.34. The molecule has 6 heteroatoms. The van der Waals surface area contributed by atoms with E-state index >= 15 is 0 Å². The number of benzene rings is 2. The van der Waals surface area contributed by atoms with Crippen molar-refractivity contribution < 1.29 is 19.0 Å². The number of halogens is 1. The van der Waals surface area contributed by atoms with E-state index in [1.165, 1.54) is 5.56 Å². The summed E-state index contributed by atoms with van der Waals surface area (Å²) in [5, 5.41) is 2.85. The Balaban J connectivity index is 1.88. The van der Waals surface area contributed by atoms with E-state index in [1.807, 2.05) is 50.2 Å². The highest BCUT2D eigenvalue weighted by atomic mass is 79.9.